The third-order valence-corrected chi connectivity index (χ3v) is 2.95. The number of carbonyl (C=O) groups excluding carboxylic acids is 2. The average molecular weight is 243 g/mol. The molecule has 17 heavy (non-hydrogen) atoms. The second kappa shape index (κ2) is 5.62. The summed E-state index contributed by atoms with van der Waals surface area (Å²) in [6.07, 6.45) is 0.862. The number of nitrogens with one attached hydrogen (secondary N) is 1. The van der Waals surface area contributed by atoms with E-state index in [1.165, 1.54) is 0 Å². The number of imide groups is 1. The summed E-state index contributed by atoms with van der Waals surface area (Å²) < 4.78 is 0. The van der Waals surface area contributed by atoms with Crippen LogP contribution in [0, 0.1) is 5.92 Å². The van der Waals surface area contributed by atoms with E-state index in [1.54, 1.807) is 6.92 Å². The largest absolute Gasteiger partial charge is 0.481 e. The van der Waals surface area contributed by atoms with Crippen LogP contribution in [0.1, 0.15) is 19.8 Å². The maximum Gasteiger partial charge on any atom is 0.318 e. The molecule has 1 aliphatic rings. The summed E-state index contributed by atoms with van der Waals surface area (Å²) in [5.41, 5.74) is 4.86. The Balaban J connectivity index is 2.44. The Kier molecular flexibility index (Phi) is 4.45. The lowest BCUT2D eigenvalue weighted by molar-refractivity contribution is -0.138. The monoisotopic (exact) mass is 243 g/mol. The molecule has 1 saturated heterocycles. The summed E-state index contributed by atoms with van der Waals surface area (Å²) in [5, 5.41) is 10.7. The van der Waals surface area contributed by atoms with Gasteiger partial charge in [-0.3, -0.25) is 19.8 Å². The molecule has 2 unspecified atom stereocenters. The molecule has 1 heterocycles. The van der Waals surface area contributed by atoms with Gasteiger partial charge in [0.05, 0.1) is 6.04 Å². The number of hydrogen-bond donors (Lipinski definition) is 3. The van der Waals surface area contributed by atoms with E-state index < -0.39 is 23.9 Å². The van der Waals surface area contributed by atoms with Gasteiger partial charge in [0.25, 0.3) is 0 Å². The van der Waals surface area contributed by atoms with Crippen LogP contribution in [-0.2, 0) is 9.59 Å². The molecule has 4 N–H and O–H groups in total. The van der Waals surface area contributed by atoms with Crippen LogP contribution in [0.4, 0.5) is 4.79 Å². The first-order valence-corrected chi connectivity index (χ1v) is 5.46. The van der Waals surface area contributed by atoms with E-state index in [1.807, 2.05) is 10.2 Å². The fraction of sp³-hybridized carbons (Fsp3) is 0.700. The Morgan fingerprint density at radius 3 is 2.71 bits per heavy atom. The van der Waals surface area contributed by atoms with Crippen LogP contribution in [0.3, 0.4) is 0 Å². The number of likely N-dealkylation sites (tertiary alicyclic amines) is 1. The van der Waals surface area contributed by atoms with Crippen LogP contribution >= 0.6 is 0 Å². The molecule has 1 rings (SSSR count). The Bertz CT molecular complexity index is 332. The summed E-state index contributed by atoms with van der Waals surface area (Å²) in [5.74, 6) is -1.21. The van der Waals surface area contributed by atoms with Crippen molar-refractivity contribution in [2.45, 2.75) is 25.8 Å². The standard InChI is InChI=1S/C10H17N3O4/c1-6(9(16)12-10(11)17)13-3-2-7(5-13)4-8(14)15/h6-7H,2-5H2,1H3,(H,14,15)(H3,11,12,16,17). The number of primary amides is 1. The predicted octanol–water partition coefficient (Wildman–Crippen LogP) is -0.634. The summed E-state index contributed by atoms with van der Waals surface area (Å²) in [6, 6.07) is -1.34. The number of rotatable bonds is 4. The van der Waals surface area contributed by atoms with Gasteiger partial charge in [-0.2, -0.15) is 0 Å². The third kappa shape index (κ3) is 4.03. The number of carboxylic acids is 1. The molecule has 0 spiro atoms. The molecule has 0 aromatic rings. The van der Waals surface area contributed by atoms with Crippen LogP contribution in [0.2, 0.25) is 0 Å². The Morgan fingerprint density at radius 1 is 1.53 bits per heavy atom. The van der Waals surface area contributed by atoms with Gasteiger partial charge in [-0.05, 0) is 25.8 Å². The van der Waals surface area contributed by atoms with Gasteiger partial charge in [0.2, 0.25) is 5.91 Å². The highest BCUT2D eigenvalue weighted by Gasteiger charge is 2.30. The van der Waals surface area contributed by atoms with Crippen molar-refractivity contribution < 1.29 is 19.5 Å². The molecular weight excluding hydrogens is 226 g/mol. The second-order valence-corrected chi connectivity index (χ2v) is 4.28. The smallest absolute Gasteiger partial charge is 0.318 e. The number of urea groups is 1. The average Bonchev–Trinajstić information content (AvgIpc) is 2.62. The number of nitrogens with zero attached hydrogens (tertiary/aromatic N) is 1. The minimum absolute atomic E-state index is 0.0660. The molecular formula is C10H17N3O4. The van der Waals surface area contributed by atoms with E-state index in [0.29, 0.717) is 13.1 Å². The van der Waals surface area contributed by atoms with Crippen molar-refractivity contribution >= 4 is 17.9 Å². The maximum atomic E-state index is 11.5. The zero-order valence-corrected chi connectivity index (χ0v) is 9.68. The van der Waals surface area contributed by atoms with Crippen molar-refractivity contribution in [1.82, 2.24) is 10.2 Å². The van der Waals surface area contributed by atoms with E-state index in [0.717, 1.165) is 6.42 Å². The SMILES string of the molecule is CC(C(=O)NC(N)=O)N1CCC(CC(=O)O)C1. The van der Waals surface area contributed by atoms with Crippen molar-refractivity contribution in [1.29, 1.82) is 0 Å². The molecule has 1 aliphatic heterocycles. The molecule has 96 valence electrons. The van der Waals surface area contributed by atoms with Crippen molar-refractivity contribution in [2.75, 3.05) is 13.1 Å². The van der Waals surface area contributed by atoms with E-state index in [9.17, 15) is 14.4 Å². The molecule has 2 atom stereocenters. The van der Waals surface area contributed by atoms with Crippen LogP contribution in [0.15, 0.2) is 0 Å². The zero-order valence-electron chi connectivity index (χ0n) is 9.68. The molecule has 7 heteroatoms. The molecule has 0 aromatic heterocycles. The van der Waals surface area contributed by atoms with Gasteiger partial charge in [0.1, 0.15) is 0 Å². The van der Waals surface area contributed by atoms with Crippen molar-refractivity contribution in [3.8, 4) is 0 Å². The quantitative estimate of drug-likeness (QED) is 0.608. The molecule has 7 nitrogen and oxygen atoms in total. The molecule has 0 aliphatic carbocycles. The number of nitrogens with two attached hydrogens (primary N) is 1. The first-order valence-electron chi connectivity index (χ1n) is 5.46. The highest BCUT2D eigenvalue weighted by atomic mass is 16.4. The van der Waals surface area contributed by atoms with Crippen molar-refractivity contribution in [2.24, 2.45) is 11.7 Å². The van der Waals surface area contributed by atoms with Crippen LogP contribution in [0.25, 0.3) is 0 Å². The minimum atomic E-state index is -0.872. The van der Waals surface area contributed by atoms with Gasteiger partial charge in [-0.1, -0.05) is 0 Å². The number of hydrogen-bond acceptors (Lipinski definition) is 4. The first kappa shape index (κ1) is 13.4. The lowest BCUT2D eigenvalue weighted by Crippen LogP contribution is -2.47. The summed E-state index contributed by atoms with van der Waals surface area (Å²) in [4.78, 5) is 34.4. The zero-order chi connectivity index (χ0) is 13.0. The molecule has 0 bridgehead atoms. The Labute approximate surface area is 98.9 Å². The molecule has 0 saturated carbocycles. The third-order valence-electron chi connectivity index (χ3n) is 2.95. The van der Waals surface area contributed by atoms with Gasteiger partial charge in [-0.25, -0.2) is 4.79 Å². The molecule has 0 aromatic carbocycles. The number of amides is 3. The fourth-order valence-corrected chi connectivity index (χ4v) is 2.02. The van der Waals surface area contributed by atoms with Gasteiger partial charge in [0, 0.05) is 13.0 Å². The van der Waals surface area contributed by atoms with Gasteiger partial charge in [0.15, 0.2) is 0 Å². The first-order chi connectivity index (χ1) is 7.90. The lowest BCUT2D eigenvalue weighted by Gasteiger charge is -2.22. The topological polar surface area (TPSA) is 113 Å². The van der Waals surface area contributed by atoms with Crippen LogP contribution in [-0.4, -0.2) is 47.0 Å². The Morgan fingerprint density at radius 2 is 2.18 bits per heavy atom. The molecule has 1 fully saturated rings. The molecule has 3 amide bonds. The maximum absolute atomic E-state index is 11.5. The highest BCUT2D eigenvalue weighted by Crippen LogP contribution is 2.21. The predicted molar refractivity (Wildman–Crippen MR) is 59.1 cm³/mol. The van der Waals surface area contributed by atoms with E-state index >= 15 is 0 Å². The fourth-order valence-electron chi connectivity index (χ4n) is 2.02. The molecule has 0 radical (unpaired) electrons. The van der Waals surface area contributed by atoms with E-state index in [-0.39, 0.29) is 12.3 Å². The normalized spacial score (nSPS) is 22.1. The number of carbonyl (C=O) groups is 3. The number of aliphatic carboxylic acids is 1. The van der Waals surface area contributed by atoms with E-state index in [2.05, 4.69) is 0 Å². The van der Waals surface area contributed by atoms with Crippen molar-refractivity contribution in [3.63, 3.8) is 0 Å². The van der Waals surface area contributed by atoms with Crippen molar-refractivity contribution in [3.05, 3.63) is 0 Å². The lowest BCUT2D eigenvalue weighted by atomic mass is 10.1. The second-order valence-electron chi connectivity index (χ2n) is 4.28. The minimum Gasteiger partial charge on any atom is -0.481 e. The summed E-state index contributed by atoms with van der Waals surface area (Å²) in [6.45, 7) is 2.88. The highest BCUT2D eigenvalue weighted by molar-refractivity contribution is 5.96. The van der Waals surface area contributed by atoms with Gasteiger partial charge >= 0.3 is 12.0 Å². The van der Waals surface area contributed by atoms with E-state index in [4.69, 9.17) is 10.8 Å². The van der Waals surface area contributed by atoms with Crippen LogP contribution in [0.5, 0.6) is 0 Å². The number of carboxylic acid groups (broad SMARTS) is 1. The van der Waals surface area contributed by atoms with Gasteiger partial charge in [-0.15, -0.1) is 0 Å². The Hall–Kier alpha value is -1.63. The van der Waals surface area contributed by atoms with Crippen LogP contribution < -0.4 is 11.1 Å². The van der Waals surface area contributed by atoms with Gasteiger partial charge < -0.3 is 10.8 Å². The summed E-state index contributed by atoms with van der Waals surface area (Å²) >= 11 is 0. The summed E-state index contributed by atoms with van der Waals surface area (Å²) in [7, 11) is 0.